The molecule has 1 aliphatic heterocycles. The summed E-state index contributed by atoms with van der Waals surface area (Å²) in [5, 5.41) is 0. The van der Waals surface area contributed by atoms with Crippen LogP contribution in [0.1, 0.15) is 33.6 Å². The highest BCUT2D eigenvalue weighted by Gasteiger charge is 2.72. The Labute approximate surface area is 78.1 Å². The average Bonchev–Trinajstić information content (AvgIpc) is 2.38. The minimum Gasteiger partial charge on any atom is -0.298 e. The first-order chi connectivity index (χ1) is 5.77. The van der Waals surface area contributed by atoms with Crippen LogP contribution in [0.2, 0.25) is 0 Å². The van der Waals surface area contributed by atoms with Crippen LogP contribution >= 0.6 is 0 Å². The maximum atomic E-state index is 13.0. The predicted molar refractivity (Wildman–Crippen MR) is 47.9 cm³/mol. The van der Waals surface area contributed by atoms with Crippen LogP contribution in [0.15, 0.2) is 0 Å². The van der Waals surface area contributed by atoms with Crippen LogP contribution in [0.5, 0.6) is 0 Å². The van der Waals surface area contributed by atoms with Gasteiger partial charge in [0.15, 0.2) is 0 Å². The number of hydrogen-bond donors (Lipinski definition) is 0. The molecular formula is C10H17F2N. The summed E-state index contributed by atoms with van der Waals surface area (Å²) in [6, 6.07) is 0. The molecule has 0 aromatic carbocycles. The Bertz CT molecular complexity index is 232. The molecule has 0 amide bonds. The van der Waals surface area contributed by atoms with E-state index < -0.39 is 11.3 Å². The van der Waals surface area contributed by atoms with Crippen LogP contribution in [-0.2, 0) is 0 Å². The minimum atomic E-state index is -2.37. The van der Waals surface area contributed by atoms with E-state index in [4.69, 9.17) is 0 Å². The fraction of sp³-hybridized carbons (Fsp3) is 1.00. The third kappa shape index (κ3) is 1.28. The second kappa shape index (κ2) is 2.25. The summed E-state index contributed by atoms with van der Waals surface area (Å²) in [6.45, 7) is 7.69. The Balaban J connectivity index is 2.05. The summed E-state index contributed by atoms with van der Waals surface area (Å²) >= 11 is 0. The lowest BCUT2D eigenvalue weighted by molar-refractivity contribution is 0.0603. The molecule has 0 radical (unpaired) electrons. The minimum absolute atomic E-state index is 0.0438. The number of likely N-dealkylation sites (tertiary alicyclic amines) is 1. The van der Waals surface area contributed by atoms with Gasteiger partial charge in [-0.05, 0) is 33.7 Å². The lowest BCUT2D eigenvalue weighted by Crippen LogP contribution is -2.40. The van der Waals surface area contributed by atoms with Gasteiger partial charge >= 0.3 is 0 Å². The van der Waals surface area contributed by atoms with E-state index in [1.165, 1.54) is 0 Å². The molecule has 13 heavy (non-hydrogen) atoms. The molecular weight excluding hydrogens is 172 g/mol. The number of nitrogens with zero attached hydrogens (tertiary/aromatic N) is 1. The molecule has 1 unspecified atom stereocenters. The lowest BCUT2D eigenvalue weighted by atomic mass is 10.1. The Morgan fingerprint density at radius 3 is 2.00 bits per heavy atom. The molecule has 2 rings (SSSR count). The first-order valence-corrected chi connectivity index (χ1v) is 4.90. The Kier molecular flexibility index (Phi) is 1.62. The van der Waals surface area contributed by atoms with Gasteiger partial charge < -0.3 is 0 Å². The predicted octanol–water partition coefficient (Wildman–Crippen LogP) is 2.52. The summed E-state index contributed by atoms with van der Waals surface area (Å²) in [5.41, 5.74) is -0.595. The molecule has 1 saturated carbocycles. The van der Waals surface area contributed by atoms with Crippen LogP contribution in [0.25, 0.3) is 0 Å². The van der Waals surface area contributed by atoms with E-state index in [-0.39, 0.29) is 12.0 Å². The molecule has 2 aliphatic rings. The van der Waals surface area contributed by atoms with Gasteiger partial charge in [0.1, 0.15) is 0 Å². The summed E-state index contributed by atoms with van der Waals surface area (Å²) in [5.74, 6) is -2.37. The van der Waals surface area contributed by atoms with E-state index in [9.17, 15) is 8.78 Å². The second-order valence-corrected chi connectivity index (χ2v) is 5.50. The van der Waals surface area contributed by atoms with E-state index in [1.807, 2.05) is 0 Å². The molecule has 1 heterocycles. The van der Waals surface area contributed by atoms with Gasteiger partial charge in [-0.3, -0.25) is 4.90 Å². The third-order valence-electron chi connectivity index (χ3n) is 3.51. The molecule has 0 bridgehead atoms. The first kappa shape index (κ1) is 9.38. The maximum absolute atomic E-state index is 13.0. The molecule has 0 aromatic heterocycles. The molecule has 1 aliphatic carbocycles. The van der Waals surface area contributed by atoms with Crippen LogP contribution in [-0.4, -0.2) is 29.5 Å². The number of alkyl halides is 2. The van der Waals surface area contributed by atoms with E-state index in [1.54, 1.807) is 0 Å². The SMILES string of the molecule is CC(C)(C)N1CCC2(C1)CC2(F)F. The van der Waals surface area contributed by atoms with Crippen LogP contribution < -0.4 is 0 Å². The topological polar surface area (TPSA) is 3.24 Å². The highest BCUT2D eigenvalue weighted by atomic mass is 19.3. The van der Waals surface area contributed by atoms with Crippen molar-refractivity contribution in [3.63, 3.8) is 0 Å². The summed E-state index contributed by atoms with van der Waals surface area (Å²) in [4.78, 5) is 2.17. The Morgan fingerprint density at radius 1 is 1.23 bits per heavy atom. The quantitative estimate of drug-likeness (QED) is 0.566. The largest absolute Gasteiger partial charge is 0.298 e. The summed E-state index contributed by atoms with van der Waals surface area (Å²) in [7, 11) is 0. The van der Waals surface area contributed by atoms with Crippen molar-refractivity contribution in [1.82, 2.24) is 4.90 Å². The van der Waals surface area contributed by atoms with E-state index in [2.05, 4.69) is 25.7 Å². The molecule has 1 saturated heterocycles. The Morgan fingerprint density at radius 2 is 1.77 bits per heavy atom. The normalized spacial score (nSPS) is 38.5. The maximum Gasteiger partial charge on any atom is 0.255 e. The monoisotopic (exact) mass is 189 g/mol. The van der Waals surface area contributed by atoms with Gasteiger partial charge in [-0.15, -0.1) is 0 Å². The van der Waals surface area contributed by atoms with Crippen molar-refractivity contribution >= 4 is 0 Å². The first-order valence-electron chi connectivity index (χ1n) is 4.90. The number of halogens is 2. The summed E-state index contributed by atoms with van der Waals surface area (Å²) < 4.78 is 26.1. The molecule has 2 fully saturated rings. The molecule has 0 N–H and O–H groups in total. The van der Waals surface area contributed by atoms with Crippen molar-refractivity contribution in [2.45, 2.75) is 45.1 Å². The fourth-order valence-corrected chi connectivity index (χ4v) is 2.27. The molecule has 76 valence electrons. The number of rotatable bonds is 0. The molecule has 3 heteroatoms. The van der Waals surface area contributed by atoms with Crippen molar-refractivity contribution in [2.75, 3.05) is 13.1 Å². The standard InChI is InChI=1S/C10H17F2N/c1-8(2,3)13-5-4-9(7-13)6-10(9,11)12/h4-7H2,1-3H3. The van der Waals surface area contributed by atoms with Gasteiger partial charge in [-0.1, -0.05) is 0 Å². The van der Waals surface area contributed by atoms with Crippen molar-refractivity contribution in [3.05, 3.63) is 0 Å². The van der Waals surface area contributed by atoms with Crippen molar-refractivity contribution < 1.29 is 8.78 Å². The van der Waals surface area contributed by atoms with Gasteiger partial charge in [0.2, 0.25) is 0 Å². The molecule has 1 atom stereocenters. The molecule has 1 nitrogen and oxygen atoms in total. The molecule has 1 spiro atoms. The third-order valence-corrected chi connectivity index (χ3v) is 3.51. The average molecular weight is 189 g/mol. The van der Waals surface area contributed by atoms with Crippen molar-refractivity contribution in [2.24, 2.45) is 5.41 Å². The van der Waals surface area contributed by atoms with Crippen LogP contribution in [0, 0.1) is 5.41 Å². The zero-order valence-corrected chi connectivity index (χ0v) is 8.53. The van der Waals surface area contributed by atoms with E-state index in [0.29, 0.717) is 13.0 Å². The zero-order chi connectivity index (χ0) is 9.91. The van der Waals surface area contributed by atoms with Crippen LogP contribution in [0.4, 0.5) is 8.78 Å². The summed E-state index contributed by atoms with van der Waals surface area (Å²) in [6.07, 6.45) is 0.795. The highest BCUT2D eigenvalue weighted by molar-refractivity contribution is 5.15. The highest BCUT2D eigenvalue weighted by Crippen LogP contribution is 2.65. The van der Waals surface area contributed by atoms with Gasteiger partial charge in [0.05, 0.1) is 5.41 Å². The fourth-order valence-electron chi connectivity index (χ4n) is 2.27. The van der Waals surface area contributed by atoms with Crippen LogP contribution in [0.3, 0.4) is 0 Å². The van der Waals surface area contributed by atoms with Gasteiger partial charge in [-0.2, -0.15) is 0 Å². The molecule has 0 aromatic rings. The van der Waals surface area contributed by atoms with Gasteiger partial charge in [0.25, 0.3) is 5.92 Å². The number of hydrogen-bond acceptors (Lipinski definition) is 1. The van der Waals surface area contributed by atoms with E-state index >= 15 is 0 Å². The van der Waals surface area contributed by atoms with E-state index in [0.717, 1.165) is 6.54 Å². The smallest absolute Gasteiger partial charge is 0.255 e. The van der Waals surface area contributed by atoms with Crippen molar-refractivity contribution in [1.29, 1.82) is 0 Å². The van der Waals surface area contributed by atoms with Gasteiger partial charge in [0, 0.05) is 18.5 Å². The Hall–Kier alpha value is -0.180. The zero-order valence-electron chi connectivity index (χ0n) is 8.53. The van der Waals surface area contributed by atoms with Crippen molar-refractivity contribution in [3.8, 4) is 0 Å². The lowest BCUT2D eigenvalue weighted by Gasteiger charge is -2.31. The second-order valence-electron chi connectivity index (χ2n) is 5.50. The van der Waals surface area contributed by atoms with Gasteiger partial charge in [-0.25, -0.2) is 8.78 Å².